The highest BCUT2D eigenvalue weighted by Gasteiger charge is 2.29. The predicted molar refractivity (Wildman–Crippen MR) is 103 cm³/mol. The molecule has 2 aliphatic heterocycles. The standard InChI is InChI=1S/C19H27NO2S.ClH/c1-22-19(21)13-16-4-2-15(3-5-16)12-17-6-9-20(14-17)18-7-10-23-11-8-18;/h2-5,17-18H,6-14H2,1H3;1H. The van der Waals surface area contributed by atoms with Crippen LogP contribution in [-0.2, 0) is 22.4 Å². The van der Waals surface area contributed by atoms with Crippen molar-refractivity contribution in [1.82, 2.24) is 4.90 Å². The average molecular weight is 370 g/mol. The lowest BCUT2D eigenvalue weighted by atomic mass is 9.97. The van der Waals surface area contributed by atoms with Gasteiger partial charge >= 0.3 is 5.97 Å². The van der Waals surface area contributed by atoms with E-state index in [1.165, 1.54) is 56.5 Å². The normalized spacial score (nSPS) is 22.1. The second kappa shape index (κ2) is 9.69. The summed E-state index contributed by atoms with van der Waals surface area (Å²) in [6.07, 6.45) is 5.61. The molecule has 3 nitrogen and oxygen atoms in total. The van der Waals surface area contributed by atoms with Crippen LogP contribution in [-0.4, -0.2) is 48.6 Å². The van der Waals surface area contributed by atoms with Gasteiger partial charge in [0.15, 0.2) is 0 Å². The molecule has 1 unspecified atom stereocenters. The molecule has 134 valence electrons. The van der Waals surface area contributed by atoms with Crippen LogP contribution in [0.2, 0.25) is 0 Å². The van der Waals surface area contributed by atoms with Crippen molar-refractivity contribution in [3.8, 4) is 0 Å². The third kappa shape index (κ3) is 5.40. The van der Waals surface area contributed by atoms with Crippen LogP contribution < -0.4 is 0 Å². The Morgan fingerprint density at radius 1 is 1.17 bits per heavy atom. The fourth-order valence-corrected chi connectivity index (χ4v) is 4.86. The Morgan fingerprint density at radius 2 is 1.83 bits per heavy atom. The van der Waals surface area contributed by atoms with Crippen LogP contribution in [0.25, 0.3) is 0 Å². The summed E-state index contributed by atoms with van der Waals surface area (Å²) in [7, 11) is 1.44. The van der Waals surface area contributed by atoms with Gasteiger partial charge < -0.3 is 9.64 Å². The number of hydrogen-bond donors (Lipinski definition) is 0. The summed E-state index contributed by atoms with van der Waals surface area (Å²) >= 11 is 2.11. The van der Waals surface area contributed by atoms with E-state index in [0.29, 0.717) is 6.42 Å². The number of carbonyl (C=O) groups is 1. The van der Waals surface area contributed by atoms with Crippen LogP contribution in [0.1, 0.15) is 30.4 Å². The number of esters is 1. The number of benzene rings is 1. The third-order valence-corrected chi connectivity index (χ3v) is 6.20. The number of halogens is 1. The summed E-state index contributed by atoms with van der Waals surface area (Å²) in [6.45, 7) is 2.54. The maximum atomic E-state index is 11.3. The first kappa shape index (κ1) is 19.6. The van der Waals surface area contributed by atoms with E-state index in [4.69, 9.17) is 4.74 Å². The molecule has 0 N–H and O–H groups in total. The van der Waals surface area contributed by atoms with Crippen LogP contribution in [0.4, 0.5) is 0 Å². The first-order valence-electron chi connectivity index (χ1n) is 8.71. The molecule has 2 fully saturated rings. The highest BCUT2D eigenvalue weighted by Crippen LogP contribution is 2.28. The molecule has 0 bridgehead atoms. The molecule has 3 rings (SSSR count). The Morgan fingerprint density at radius 3 is 2.50 bits per heavy atom. The minimum absolute atomic E-state index is 0. The minimum Gasteiger partial charge on any atom is -0.469 e. The second-order valence-electron chi connectivity index (χ2n) is 6.77. The number of ether oxygens (including phenoxy) is 1. The highest BCUT2D eigenvalue weighted by atomic mass is 35.5. The van der Waals surface area contributed by atoms with Gasteiger partial charge in [-0.2, -0.15) is 11.8 Å². The molecule has 2 saturated heterocycles. The largest absolute Gasteiger partial charge is 0.469 e. The molecule has 24 heavy (non-hydrogen) atoms. The van der Waals surface area contributed by atoms with Gasteiger partial charge in [-0.05, 0) is 60.8 Å². The van der Waals surface area contributed by atoms with Crippen LogP contribution >= 0.6 is 24.2 Å². The quantitative estimate of drug-likeness (QED) is 0.742. The lowest BCUT2D eigenvalue weighted by Gasteiger charge is -2.30. The first-order chi connectivity index (χ1) is 11.2. The predicted octanol–water partition coefficient (Wildman–Crippen LogP) is 3.58. The molecule has 0 aromatic heterocycles. The number of thioether (sulfide) groups is 1. The van der Waals surface area contributed by atoms with Crippen molar-refractivity contribution < 1.29 is 9.53 Å². The van der Waals surface area contributed by atoms with Gasteiger partial charge in [0.25, 0.3) is 0 Å². The van der Waals surface area contributed by atoms with Gasteiger partial charge in [0.2, 0.25) is 0 Å². The molecule has 0 aliphatic carbocycles. The summed E-state index contributed by atoms with van der Waals surface area (Å²) in [5, 5.41) is 0. The number of hydrogen-bond acceptors (Lipinski definition) is 4. The van der Waals surface area contributed by atoms with Crippen molar-refractivity contribution in [3.63, 3.8) is 0 Å². The van der Waals surface area contributed by atoms with E-state index < -0.39 is 0 Å². The van der Waals surface area contributed by atoms with Gasteiger partial charge in [-0.25, -0.2) is 0 Å². The summed E-state index contributed by atoms with van der Waals surface area (Å²) in [5.41, 5.74) is 2.43. The van der Waals surface area contributed by atoms with Gasteiger partial charge in [0.1, 0.15) is 0 Å². The molecule has 1 aromatic carbocycles. The van der Waals surface area contributed by atoms with Crippen molar-refractivity contribution in [3.05, 3.63) is 35.4 Å². The molecule has 0 saturated carbocycles. The smallest absolute Gasteiger partial charge is 0.309 e. The van der Waals surface area contributed by atoms with E-state index in [9.17, 15) is 4.79 Å². The molecule has 2 aliphatic rings. The van der Waals surface area contributed by atoms with Gasteiger partial charge in [-0.15, -0.1) is 12.4 Å². The van der Waals surface area contributed by atoms with E-state index >= 15 is 0 Å². The molecular formula is C19H28ClNO2S. The van der Waals surface area contributed by atoms with Gasteiger partial charge in [-0.1, -0.05) is 24.3 Å². The van der Waals surface area contributed by atoms with Crippen LogP contribution in [0.5, 0.6) is 0 Å². The first-order valence-corrected chi connectivity index (χ1v) is 9.86. The van der Waals surface area contributed by atoms with Crippen molar-refractivity contribution in [1.29, 1.82) is 0 Å². The number of likely N-dealkylation sites (tertiary alicyclic amines) is 1. The summed E-state index contributed by atoms with van der Waals surface area (Å²) in [6, 6.07) is 9.33. The Balaban J connectivity index is 0.00000208. The zero-order valence-corrected chi connectivity index (χ0v) is 16.0. The molecule has 0 amide bonds. The fraction of sp³-hybridized carbons (Fsp3) is 0.632. The maximum Gasteiger partial charge on any atom is 0.309 e. The lowest BCUT2D eigenvalue weighted by Crippen LogP contribution is -2.36. The van der Waals surface area contributed by atoms with Gasteiger partial charge in [0.05, 0.1) is 13.5 Å². The summed E-state index contributed by atoms with van der Waals surface area (Å²) < 4.78 is 4.72. The average Bonchev–Trinajstić information content (AvgIpc) is 3.06. The van der Waals surface area contributed by atoms with E-state index in [1.54, 1.807) is 0 Å². The fourth-order valence-electron chi connectivity index (χ4n) is 3.78. The molecule has 0 radical (unpaired) electrons. The Hall–Kier alpha value is -0.710. The monoisotopic (exact) mass is 369 g/mol. The molecule has 1 aromatic rings. The SMILES string of the molecule is COC(=O)Cc1ccc(CC2CCN(C3CCSCC3)C2)cc1.Cl. The Bertz CT molecular complexity index is 517. The number of nitrogens with zero attached hydrogens (tertiary/aromatic N) is 1. The van der Waals surface area contributed by atoms with E-state index in [2.05, 4.69) is 40.9 Å². The molecule has 0 spiro atoms. The number of rotatable bonds is 5. The van der Waals surface area contributed by atoms with Crippen molar-refractivity contribution in [2.24, 2.45) is 5.92 Å². The van der Waals surface area contributed by atoms with E-state index in [1.807, 2.05) is 0 Å². The van der Waals surface area contributed by atoms with Crippen molar-refractivity contribution >= 4 is 30.1 Å². The van der Waals surface area contributed by atoms with Crippen LogP contribution in [0.3, 0.4) is 0 Å². The molecule has 1 atom stereocenters. The Labute approximate surface area is 155 Å². The van der Waals surface area contributed by atoms with E-state index in [-0.39, 0.29) is 18.4 Å². The van der Waals surface area contributed by atoms with Crippen LogP contribution in [0.15, 0.2) is 24.3 Å². The molecule has 2 heterocycles. The highest BCUT2D eigenvalue weighted by molar-refractivity contribution is 7.99. The molecular weight excluding hydrogens is 342 g/mol. The lowest BCUT2D eigenvalue weighted by molar-refractivity contribution is -0.139. The summed E-state index contributed by atoms with van der Waals surface area (Å²) in [5.74, 6) is 3.30. The Kier molecular flexibility index (Phi) is 7.92. The van der Waals surface area contributed by atoms with Crippen molar-refractivity contribution in [2.45, 2.75) is 38.1 Å². The van der Waals surface area contributed by atoms with Gasteiger partial charge in [-0.3, -0.25) is 4.79 Å². The zero-order valence-electron chi connectivity index (χ0n) is 14.4. The second-order valence-corrected chi connectivity index (χ2v) is 7.99. The topological polar surface area (TPSA) is 29.5 Å². The molecule has 5 heteroatoms. The maximum absolute atomic E-state index is 11.3. The minimum atomic E-state index is -0.171. The van der Waals surface area contributed by atoms with Gasteiger partial charge in [0, 0.05) is 12.6 Å². The zero-order chi connectivity index (χ0) is 16.1. The third-order valence-electron chi connectivity index (χ3n) is 5.15. The van der Waals surface area contributed by atoms with E-state index in [0.717, 1.165) is 23.9 Å². The number of methoxy groups -OCH3 is 1. The van der Waals surface area contributed by atoms with Crippen molar-refractivity contribution in [2.75, 3.05) is 31.7 Å². The summed E-state index contributed by atoms with van der Waals surface area (Å²) in [4.78, 5) is 14.0. The van der Waals surface area contributed by atoms with Crippen LogP contribution in [0, 0.1) is 5.92 Å². The number of carbonyl (C=O) groups excluding carboxylic acids is 1.